The monoisotopic (exact) mass is 620 g/mol. The van der Waals surface area contributed by atoms with E-state index in [4.69, 9.17) is 10.2 Å². The van der Waals surface area contributed by atoms with E-state index in [1.165, 1.54) is 0 Å². The maximum Gasteiger partial charge on any atom is 0.506 e. The largest absolute Gasteiger partial charge is 0.506 e. The third-order valence-electron chi connectivity index (χ3n) is 3.36. The first-order valence-corrected chi connectivity index (χ1v) is 13.0. The molecule has 1 unspecified atom stereocenters. The number of hydrogen-bond acceptors (Lipinski definition) is 3. The molecule has 0 spiro atoms. The van der Waals surface area contributed by atoms with Crippen LogP contribution in [0, 0.1) is 225 Å². The number of ether oxygens (including phenoxy) is 1. The topological polar surface area (TPSA) is 66.8 Å². The second kappa shape index (κ2) is 38.9. The van der Waals surface area contributed by atoms with E-state index in [2.05, 4.69) is 230 Å². The van der Waals surface area contributed by atoms with Crippen LogP contribution in [-0.2, 0) is 4.74 Å². The molecule has 0 aromatic carbocycles. The summed E-state index contributed by atoms with van der Waals surface area (Å²) in [5.41, 5.74) is 0. The van der Waals surface area contributed by atoms with Crippen molar-refractivity contribution in [3.05, 3.63) is 0 Å². The zero-order valence-corrected chi connectivity index (χ0v) is 26.2. The van der Waals surface area contributed by atoms with Crippen molar-refractivity contribution in [2.45, 2.75) is 33.3 Å². The molecule has 0 aromatic rings. The number of carboxylic acid groups (broad SMARTS) is 1. The van der Waals surface area contributed by atoms with E-state index in [1.54, 1.807) is 20.8 Å². The van der Waals surface area contributed by atoms with Gasteiger partial charge in [0, 0.05) is 118 Å². The lowest BCUT2D eigenvalue weighted by atomic mass is 10.3. The smallest absolute Gasteiger partial charge is 0.450 e. The molecule has 0 aromatic heterocycles. The SMILES string of the molecule is CC#CC#CC#CC#CC#CC#CC#CC#CC#CC#CC#CC#CC#CC#CC#CC#CC#CC#CC#CC.CCC(CO)OC(=O)O. The lowest BCUT2D eigenvalue weighted by Crippen LogP contribution is -2.19. The van der Waals surface area contributed by atoms with E-state index in [0.29, 0.717) is 6.42 Å². The Bertz CT molecular complexity index is 2320. The molecule has 4 nitrogen and oxygen atoms in total. The van der Waals surface area contributed by atoms with E-state index >= 15 is 0 Å². The lowest BCUT2D eigenvalue weighted by molar-refractivity contribution is 0.0226. The van der Waals surface area contributed by atoms with Crippen LogP contribution in [-0.4, -0.2) is 29.1 Å². The molecule has 0 aliphatic rings. The number of aliphatic hydroxyl groups is 1. The fourth-order valence-corrected chi connectivity index (χ4v) is 1.58. The van der Waals surface area contributed by atoms with E-state index in [-0.39, 0.29) is 6.61 Å². The summed E-state index contributed by atoms with van der Waals surface area (Å²) in [5.74, 6) is 95.6. The molecule has 1 atom stereocenters. The molecule has 0 saturated heterocycles. The van der Waals surface area contributed by atoms with Gasteiger partial charge >= 0.3 is 6.16 Å². The lowest BCUT2D eigenvalue weighted by Gasteiger charge is -2.08. The van der Waals surface area contributed by atoms with Gasteiger partial charge in [-0.1, -0.05) is 18.8 Å². The Balaban J connectivity index is 0. The predicted molar refractivity (Wildman–Crippen MR) is 189 cm³/mol. The maximum atomic E-state index is 9.79. The van der Waals surface area contributed by atoms with Crippen molar-refractivity contribution < 1.29 is 19.7 Å². The van der Waals surface area contributed by atoms with Gasteiger partial charge < -0.3 is 14.9 Å². The van der Waals surface area contributed by atoms with Crippen molar-refractivity contribution in [1.82, 2.24) is 0 Å². The summed E-state index contributed by atoms with van der Waals surface area (Å²) in [6.45, 7) is 4.87. The highest BCUT2D eigenvalue weighted by molar-refractivity contribution is 5.57. The van der Waals surface area contributed by atoms with Crippen LogP contribution >= 0.6 is 0 Å². The number of carbonyl (C=O) groups is 1. The van der Waals surface area contributed by atoms with E-state index in [9.17, 15) is 4.79 Å². The van der Waals surface area contributed by atoms with Gasteiger partial charge in [-0.15, -0.1) is 0 Å². The molecule has 0 aliphatic carbocycles. The van der Waals surface area contributed by atoms with Crippen LogP contribution in [0.5, 0.6) is 0 Å². The highest BCUT2D eigenvalue weighted by Crippen LogP contribution is 1.95. The van der Waals surface area contributed by atoms with Gasteiger partial charge in [-0.2, -0.15) is 0 Å². The minimum atomic E-state index is -1.34. The normalized spacial score (nSPS) is 5.55. The standard InChI is InChI=1S/C40H6.C5H10O4/c1-3-5-7-9-11-13-15-17-19-21-23-25-27-29-31-33-35-37-39-40-38-36-34-32-30-28-26-24-22-20-18-16-14-12-10-8-6-4-2;1-2-4(3-6)9-5(7)8/h1-2H3;4,6H,2-3H2,1H3,(H,7,8). The maximum absolute atomic E-state index is 9.79. The van der Waals surface area contributed by atoms with E-state index in [1.807, 2.05) is 0 Å². The molecule has 4 heteroatoms. The van der Waals surface area contributed by atoms with Crippen LogP contribution in [0.1, 0.15) is 27.2 Å². The van der Waals surface area contributed by atoms with Gasteiger partial charge in [0.15, 0.2) is 0 Å². The first kappa shape index (κ1) is 42.0. The zero-order chi connectivity index (χ0) is 36.1. The van der Waals surface area contributed by atoms with Gasteiger partial charge in [-0.3, -0.25) is 0 Å². The van der Waals surface area contributed by atoms with Gasteiger partial charge in [-0.25, -0.2) is 4.79 Å². The van der Waals surface area contributed by atoms with Crippen molar-refractivity contribution in [1.29, 1.82) is 0 Å². The molecule has 49 heavy (non-hydrogen) atoms. The number of hydrogen-bond donors (Lipinski definition) is 2. The Morgan fingerprint density at radius 3 is 0.653 bits per heavy atom. The molecule has 0 aliphatic heterocycles. The molecule has 0 rings (SSSR count). The fraction of sp³-hybridized carbons (Fsp3) is 0.133. The van der Waals surface area contributed by atoms with Gasteiger partial charge in [0.25, 0.3) is 0 Å². The van der Waals surface area contributed by atoms with Gasteiger partial charge in [0.2, 0.25) is 0 Å². The van der Waals surface area contributed by atoms with E-state index < -0.39 is 12.3 Å². The Morgan fingerprint density at radius 2 is 0.571 bits per heavy atom. The summed E-state index contributed by atoms with van der Waals surface area (Å²) < 4.78 is 4.22. The van der Waals surface area contributed by atoms with Gasteiger partial charge in [0.05, 0.1) is 6.61 Å². The van der Waals surface area contributed by atoms with Crippen molar-refractivity contribution >= 4 is 6.16 Å². The van der Waals surface area contributed by atoms with Crippen LogP contribution in [0.4, 0.5) is 4.79 Å². The zero-order valence-electron chi connectivity index (χ0n) is 26.2. The summed E-state index contributed by atoms with van der Waals surface area (Å²) in [6, 6.07) is 0. The minimum absolute atomic E-state index is 0.247. The van der Waals surface area contributed by atoms with Crippen LogP contribution in [0.15, 0.2) is 0 Å². The molecule has 0 saturated carbocycles. The van der Waals surface area contributed by atoms with Crippen molar-refractivity contribution in [2.75, 3.05) is 6.61 Å². The molecule has 2 N–H and O–H groups in total. The average Bonchev–Trinajstić information content (AvgIpc) is 3.10. The molecule has 0 amide bonds. The Morgan fingerprint density at radius 1 is 0.408 bits per heavy atom. The van der Waals surface area contributed by atoms with Crippen molar-refractivity contribution in [3.63, 3.8) is 0 Å². The summed E-state index contributed by atoms with van der Waals surface area (Å²) >= 11 is 0. The average molecular weight is 621 g/mol. The molecular formula is C45H16O4. The Labute approximate surface area is 290 Å². The molecule has 0 fully saturated rings. The van der Waals surface area contributed by atoms with Crippen LogP contribution in [0.3, 0.4) is 0 Å². The third-order valence-corrected chi connectivity index (χ3v) is 3.36. The van der Waals surface area contributed by atoms with Crippen molar-refractivity contribution in [2.24, 2.45) is 0 Å². The van der Waals surface area contributed by atoms with Gasteiger partial charge in [-0.05, 0) is 115 Å². The summed E-state index contributed by atoms with van der Waals surface area (Å²) in [5, 5.41) is 16.4. The Kier molecular flexibility index (Phi) is 33.3. The number of aliphatic hydroxyl groups excluding tert-OH is 1. The van der Waals surface area contributed by atoms with Crippen LogP contribution in [0.2, 0.25) is 0 Å². The second-order valence-electron chi connectivity index (χ2n) is 6.60. The first-order valence-electron chi connectivity index (χ1n) is 13.0. The highest BCUT2D eigenvalue weighted by atomic mass is 16.7. The molecular weight excluding hydrogens is 604 g/mol. The summed E-state index contributed by atoms with van der Waals surface area (Å²) in [6.07, 6.45) is -1.40. The molecule has 0 heterocycles. The highest BCUT2D eigenvalue weighted by Gasteiger charge is 2.08. The van der Waals surface area contributed by atoms with E-state index in [0.717, 1.165) is 0 Å². The number of rotatable bonds is 3. The molecule has 220 valence electrons. The molecule has 0 bridgehead atoms. The fourth-order valence-electron chi connectivity index (χ4n) is 1.58. The summed E-state index contributed by atoms with van der Waals surface area (Å²) in [7, 11) is 0. The van der Waals surface area contributed by atoms with Crippen LogP contribution < -0.4 is 0 Å². The van der Waals surface area contributed by atoms with Gasteiger partial charge in [0.1, 0.15) is 6.10 Å². The Hall–Kier alpha value is -9.13. The predicted octanol–water partition coefficient (Wildman–Crippen LogP) is 1.54. The minimum Gasteiger partial charge on any atom is -0.450 e. The molecule has 0 radical (unpaired) electrons. The van der Waals surface area contributed by atoms with Crippen LogP contribution in [0.25, 0.3) is 0 Å². The first-order chi connectivity index (χ1) is 24.1. The quantitative estimate of drug-likeness (QED) is 0.372. The summed E-state index contributed by atoms with van der Waals surface area (Å²) in [4.78, 5) is 9.79. The van der Waals surface area contributed by atoms with Crippen molar-refractivity contribution in [3.8, 4) is 225 Å². The second-order valence-corrected chi connectivity index (χ2v) is 6.60. The third kappa shape index (κ3) is 41.1.